The van der Waals surface area contributed by atoms with Gasteiger partial charge in [0.15, 0.2) is 0 Å². The highest BCUT2D eigenvalue weighted by Gasteiger charge is 2.19. The highest BCUT2D eigenvalue weighted by Crippen LogP contribution is 2.24. The second-order valence-corrected chi connectivity index (χ2v) is 5.32. The number of carbonyl (C=O) groups excluding carboxylic acids is 1. The van der Waals surface area contributed by atoms with Gasteiger partial charge >= 0.3 is 6.03 Å². The van der Waals surface area contributed by atoms with Gasteiger partial charge < -0.3 is 15.7 Å². The van der Waals surface area contributed by atoms with Crippen molar-refractivity contribution in [3.05, 3.63) is 36.4 Å². The minimum absolute atomic E-state index is 0.00130. The summed E-state index contributed by atoms with van der Waals surface area (Å²) in [6.45, 7) is 0.131. The molecule has 5 heteroatoms. The van der Waals surface area contributed by atoms with E-state index in [1.54, 1.807) is 11.8 Å². The van der Waals surface area contributed by atoms with Crippen LogP contribution in [0.4, 0.5) is 10.5 Å². The van der Waals surface area contributed by atoms with Crippen molar-refractivity contribution in [3.8, 4) is 0 Å². The van der Waals surface area contributed by atoms with Crippen LogP contribution in [-0.4, -0.2) is 30.0 Å². The topological polar surface area (TPSA) is 61.4 Å². The molecule has 4 nitrogen and oxygen atoms in total. The summed E-state index contributed by atoms with van der Waals surface area (Å²) in [6.07, 6.45) is 6.61. The molecule has 2 atom stereocenters. The Morgan fingerprint density at radius 1 is 1.42 bits per heavy atom. The lowest BCUT2D eigenvalue weighted by atomic mass is 10.1. The average Bonchev–Trinajstić information content (AvgIpc) is 2.87. The Kier molecular flexibility index (Phi) is 4.87. The first-order valence-corrected chi connectivity index (χ1v) is 7.45. The van der Waals surface area contributed by atoms with Gasteiger partial charge in [0, 0.05) is 23.5 Å². The summed E-state index contributed by atoms with van der Waals surface area (Å²) in [6, 6.07) is 7.48. The number of hydrogen-bond donors (Lipinski definition) is 3. The Morgan fingerprint density at radius 2 is 2.21 bits per heavy atom. The van der Waals surface area contributed by atoms with Gasteiger partial charge in [-0.2, -0.15) is 0 Å². The maximum Gasteiger partial charge on any atom is 0.319 e. The number of thioether (sulfide) groups is 1. The number of nitrogens with one attached hydrogen (secondary N) is 2. The Morgan fingerprint density at radius 3 is 2.89 bits per heavy atom. The summed E-state index contributed by atoms with van der Waals surface area (Å²) in [4.78, 5) is 12.9. The Hall–Kier alpha value is -1.46. The van der Waals surface area contributed by atoms with Crippen LogP contribution < -0.4 is 10.6 Å². The van der Waals surface area contributed by atoms with Crippen LogP contribution in [-0.2, 0) is 0 Å². The summed E-state index contributed by atoms with van der Waals surface area (Å²) in [5.41, 5.74) is 0.813. The van der Waals surface area contributed by atoms with Crippen molar-refractivity contribution in [2.45, 2.75) is 17.4 Å². The van der Waals surface area contributed by atoms with E-state index >= 15 is 0 Å². The molecule has 0 saturated heterocycles. The molecule has 3 N–H and O–H groups in total. The van der Waals surface area contributed by atoms with Gasteiger partial charge in [0.2, 0.25) is 0 Å². The first-order valence-electron chi connectivity index (χ1n) is 6.22. The van der Waals surface area contributed by atoms with Gasteiger partial charge in [-0.1, -0.05) is 24.3 Å². The lowest BCUT2D eigenvalue weighted by molar-refractivity contribution is 0.238. The van der Waals surface area contributed by atoms with Crippen molar-refractivity contribution in [1.82, 2.24) is 5.32 Å². The van der Waals surface area contributed by atoms with Gasteiger partial charge in [-0.15, -0.1) is 11.8 Å². The second kappa shape index (κ2) is 6.63. The molecule has 0 spiro atoms. The Balaban J connectivity index is 1.90. The molecule has 2 amide bonds. The smallest absolute Gasteiger partial charge is 0.319 e. The molecule has 1 aliphatic rings. The van der Waals surface area contributed by atoms with Crippen LogP contribution in [0.5, 0.6) is 0 Å². The van der Waals surface area contributed by atoms with Crippen molar-refractivity contribution in [3.63, 3.8) is 0 Å². The van der Waals surface area contributed by atoms with Crippen LogP contribution in [0.3, 0.4) is 0 Å². The van der Waals surface area contributed by atoms with Gasteiger partial charge in [0.1, 0.15) is 0 Å². The van der Waals surface area contributed by atoms with E-state index in [1.165, 1.54) is 0 Å². The van der Waals surface area contributed by atoms with Crippen molar-refractivity contribution >= 4 is 23.5 Å². The lowest BCUT2D eigenvalue weighted by Crippen LogP contribution is -2.36. The van der Waals surface area contributed by atoms with Gasteiger partial charge in [-0.25, -0.2) is 4.79 Å². The van der Waals surface area contributed by atoms with E-state index in [2.05, 4.69) is 10.6 Å². The second-order valence-electron chi connectivity index (χ2n) is 4.47. The van der Waals surface area contributed by atoms with Gasteiger partial charge in [0.05, 0.1) is 5.69 Å². The Bertz CT molecular complexity index is 476. The fourth-order valence-corrected chi connectivity index (χ4v) is 2.65. The quantitative estimate of drug-likeness (QED) is 0.585. The highest BCUT2D eigenvalue weighted by atomic mass is 32.2. The maximum absolute atomic E-state index is 11.9. The third-order valence-electron chi connectivity index (χ3n) is 3.08. The molecule has 1 aromatic rings. The Labute approximate surface area is 117 Å². The third kappa shape index (κ3) is 3.75. The lowest BCUT2D eigenvalue weighted by Gasteiger charge is -2.14. The zero-order valence-corrected chi connectivity index (χ0v) is 11.6. The zero-order valence-electron chi connectivity index (χ0n) is 10.8. The number of rotatable bonds is 4. The summed E-state index contributed by atoms with van der Waals surface area (Å²) in [5.74, 6) is 0.156. The minimum atomic E-state index is -0.213. The van der Waals surface area contributed by atoms with Crippen LogP contribution >= 0.6 is 11.8 Å². The van der Waals surface area contributed by atoms with E-state index in [-0.39, 0.29) is 24.6 Å². The van der Waals surface area contributed by atoms with E-state index in [4.69, 9.17) is 5.11 Å². The molecule has 0 unspecified atom stereocenters. The number of urea groups is 1. The summed E-state index contributed by atoms with van der Waals surface area (Å²) in [7, 11) is 0. The molecule has 19 heavy (non-hydrogen) atoms. The number of carbonyl (C=O) groups is 1. The highest BCUT2D eigenvalue weighted by molar-refractivity contribution is 7.98. The van der Waals surface area contributed by atoms with Crippen LogP contribution in [0, 0.1) is 5.92 Å². The van der Waals surface area contributed by atoms with Crippen molar-refractivity contribution in [2.24, 2.45) is 5.92 Å². The molecule has 0 saturated carbocycles. The number of aliphatic hydroxyl groups is 1. The fraction of sp³-hybridized carbons (Fsp3) is 0.357. The predicted molar refractivity (Wildman–Crippen MR) is 78.5 cm³/mol. The normalized spacial score (nSPS) is 21.4. The van der Waals surface area contributed by atoms with Crippen molar-refractivity contribution < 1.29 is 9.90 Å². The number of benzene rings is 1. The maximum atomic E-state index is 11.9. The number of aliphatic hydroxyl groups excluding tert-OH is 1. The molecule has 0 aliphatic heterocycles. The van der Waals surface area contributed by atoms with E-state index < -0.39 is 0 Å². The van der Waals surface area contributed by atoms with Crippen LogP contribution in [0.25, 0.3) is 0 Å². The fourth-order valence-electron chi connectivity index (χ4n) is 2.09. The van der Waals surface area contributed by atoms with Crippen molar-refractivity contribution in [2.75, 3.05) is 18.2 Å². The van der Waals surface area contributed by atoms with Crippen LogP contribution in [0.15, 0.2) is 41.3 Å². The van der Waals surface area contributed by atoms with E-state index in [1.807, 2.05) is 42.7 Å². The van der Waals surface area contributed by atoms with Gasteiger partial charge in [-0.3, -0.25) is 0 Å². The first kappa shape index (κ1) is 14.0. The molecule has 102 valence electrons. The summed E-state index contributed by atoms with van der Waals surface area (Å²) >= 11 is 1.59. The molecule has 0 radical (unpaired) electrons. The number of amides is 2. The number of anilines is 1. The molecule has 1 aliphatic carbocycles. The largest absolute Gasteiger partial charge is 0.396 e. The van der Waals surface area contributed by atoms with Gasteiger partial charge in [0.25, 0.3) is 0 Å². The SMILES string of the molecule is CSc1ccccc1NC(=O)N[C@@H]1C=C[C@H](CO)C1. The molecular formula is C14H18N2O2S. The summed E-state index contributed by atoms with van der Waals surface area (Å²) < 4.78 is 0. The van der Waals surface area contributed by atoms with Gasteiger partial charge in [-0.05, 0) is 24.8 Å². The van der Waals surface area contributed by atoms with Crippen LogP contribution in [0.2, 0.25) is 0 Å². The number of hydrogen-bond acceptors (Lipinski definition) is 3. The van der Waals surface area contributed by atoms with Crippen molar-refractivity contribution in [1.29, 1.82) is 0 Å². The molecule has 1 aromatic carbocycles. The monoisotopic (exact) mass is 278 g/mol. The summed E-state index contributed by atoms with van der Waals surface area (Å²) in [5, 5.41) is 14.8. The van der Waals surface area contributed by atoms with E-state index in [0.717, 1.165) is 17.0 Å². The van der Waals surface area contributed by atoms with Crippen LogP contribution in [0.1, 0.15) is 6.42 Å². The minimum Gasteiger partial charge on any atom is -0.396 e. The standard InChI is InChI=1S/C14H18N2O2S/c1-19-13-5-3-2-4-12(13)16-14(18)15-11-7-6-10(8-11)9-17/h2-7,10-11,17H,8-9H2,1H3,(H2,15,16,18)/t10-,11+/m0/s1. The van der Waals surface area contributed by atoms with E-state index in [9.17, 15) is 4.79 Å². The molecule has 0 bridgehead atoms. The predicted octanol–water partition coefficient (Wildman–Crippen LogP) is 2.47. The number of para-hydroxylation sites is 1. The van der Waals surface area contributed by atoms with E-state index in [0.29, 0.717) is 0 Å². The molecular weight excluding hydrogens is 260 g/mol. The molecule has 2 rings (SSSR count). The zero-order chi connectivity index (χ0) is 13.7. The molecule has 0 heterocycles. The molecule has 0 aromatic heterocycles. The average molecular weight is 278 g/mol. The molecule has 0 fully saturated rings. The third-order valence-corrected chi connectivity index (χ3v) is 3.87. The first-order chi connectivity index (χ1) is 9.22.